The highest BCUT2D eigenvalue weighted by atomic mass is 32.2. The third-order valence-electron chi connectivity index (χ3n) is 7.25. The lowest BCUT2D eigenvalue weighted by Crippen LogP contribution is -2.40. The normalized spacial score (nSPS) is 13.0. The molecule has 1 amide bonds. The molecule has 0 aromatic heterocycles. The average Bonchev–Trinajstić information content (AvgIpc) is 2.97. The summed E-state index contributed by atoms with van der Waals surface area (Å²) in [4.78, 5) is 27.2. The van der Waals surface area contributed by atoms with Crippen LogP contribution in [0.25, 0.3) is 10.8 Å². The van der Waals surface area contributed by atoms with Crippen LogP contribution in [0.3, 0.4) is 0 Å². The van der Waals surface area contributed by atoms with Crippen molar-refractivity contribution < 1.29 is 23.1 Å². The van der Waals surface area contributed by atoms with Crippen LogP contribution in [0, 0.1) is 5.41 Å². The molecule has 0 fully saturated rings. The molecule has 10 heteroatoms. The van der Waals surface area contributed by atoms with Crippen LogP contribution in [0.2, 0.25) is 0 Å². The Kier molecular flexibility index (Phi) is 7.76. The van der Waals surface area contributed by atoms with Crippen molar-refractivity contribution in [2.75, 3.05) is 22.3 Å². The molecule has 1 aliphatic heterocycles. The van der Waals surface area contributed by atoms with Crippen molar-refractivity contribution in [3.8, 4) is 0 Å². The highest BCUT2D eigenvalue weighted by Crippen LogP contribution is 2.40. The number of anilines is 2. The van der Waals surface area contributed by atoms with Gasteiger partial charge >= 0.3 is 5.97 Å². The lowest BCUT2D eigenvalue weighted by Gasteiger charge is -2.35. The van der Waals surface area contributed by atoms with Crippen LogP contribution < -0.4 is 14.9 Å². The molecule has 0 unspecified atom stereocenters. The van der Waals surface area contributed by atoms with E-state index in [1.165, 1.54) is 6.07 Å². The molecule has 4 aromatic carbocycles. The Morgan fingerprint density at radius 3 is 2.39 bits per heavy atom. The predicted octanol–water partition coefficient (Wildman–Crippen LogP) is 4.32. The molecule has 0 aliphatic carbocycles. The van der Waals surface area contributed by atoms with Crippen molar-refractivity contribution in [2.45, 2.75) is 30.6 Å². The molecule has 0 saturated heterocycles. The van der Waals surface area contributed by atoms with Crippen LogP contribution in [0.5, 0.6) is 0 Å². The Hall–Kier alpha value is -4.70. The molecule has 1 aliphatic rings. The van der Waals surface area contributed by atoms with E-state index in [1.54, 1.807) is 59.5 Å². The Morgan fingerprint density at radius 1 is 0.951 bits per heavy atom. The highest BCUT2D eigenvalue weighted by molar-refractivity contribution is 7.93. The van der Waals surface area contributed by atoms with Crippen LogP contribution in [0.1, 0.15) is 29.5 Å². The molecule has 0 spiro atoms. The van der Waals surface area contributed by atoms with Gasteiger partial charge in [-0.05, 0) is 47.9 Å². The van der Waals surface area contributed by atoms with Crippen molar-refractivity contribution >= 4 is 49.9 Å². The monoisotopic (exact) mass is 570 g/mol. The fourth-order valence-corrected chi connectivity index (χ4v) is 6.92. The van der Waals surface area contributed by atoms with Gasteiger partial charge in [-0.1, -0.05) is 72.8 Å². The molecular weight excluding hydrogens is 540 g/mol. The number of nitrogen functional groups attached to an aromatic ring is 1. The summed E-state index contributed by atoms with van der Waals surface area (Å²) in [5, 5.41) is 18.6. The van der Waals surface area contributed by atoms with E-state index < -0.39 is 22.5 Å². The summed E-state index contributed by atoms with van der Waals surface area (Å²) in [5.74, 6) is -1.53. The fraction of sp³-hybridized carbons (Fsp3) is 0.194. The largest absolute Gasteiger partial charge is 0.480 e. The van der Waals surface area contributed by atoms with Gasteiger partial charge in [0.1, 0.15) is 12.4 Å². The van der Waals surface area contributed by atoms with E-state index in [1.807, 2.05) is 24.3 Å². The lowest BCUT2D eigenvalue weighted by atomic mass is 9.99. The van der Waals surface area contributed by atoms with Crippen LogP contribution in [-0.2, 0) is 32.5 Å². The molecular formula is C31H30N4O5S. The fourth-order valence-electron chi connectivity index (χ4n) is 5.28. The minimum Gasteiger partial charge on any atom is -0.480 e. The number of nitrogens with two attached hydrogens (primary N) is 1. The Labute approximate surface area is 238 Å². The number of aryl methyl sites for hydroxylation is 2. The van der Waals surface area contributed by atoms with Crippen molar-refractivity contribution in [2.24, 2.45) is 5.73 Å². The summed E-state index contributed by atoms with van der Waals surface area (Å²) in [6.45, 7) is -0.409. The summed E-state index contributed by atoms with van der Waals surface area (Å²) in [5.41, 5.74) is 8.41. The maximum Gasteiger partial charge on any atom is 0.324 e. The first-order valence-electron chi connectivity index (χ1n) is 13.2. The number of sulfonamides is 1. The highest BCUT2D eigenvalue weighted by Gasteiger charge is 2.34. The van der Waals surface area contributed by atoms with E-state index in [0.29, 0.717) is 47.8 Å². The summed E-state index contributed by atoms with van der Waals surface area (Å²) < 4.78 is 29.2. The average molecular weight is 571 g/mol. The number of aliphatic carboxylic acids is 1. The number of hydrogen-bond acceptors (Lipinski definition) is 5. The molecule has 41 heavy (non-hydrogen) atoms. The van der Waals surface area contributed by atoms with Crippen molar-refractivity contribution in [3.05, 3.63) is 102 Å². The number of nitrogens with one attached hydrogen (secondary N) is 1. The predicted molar refractivity (Wildman–Crippen MR) is 159 cm³/mol. The lowest BCUT2D eigenvalue weighted by molar-refractivity contribution is -0.135. The van der Waals surface area contributed by atoms with E-state index in [2.05, 4.69) is 0 Å². The van der Waals surface area contributed by atoms with E-state index >= 15 is 0 Å². The molecule has 0 atom stereocenters. The third kappa shape index (κ3) is 5.64. The number of benzene rings is 4. The Balaban J connectivity index is 1.53. The summed E-state index contributed by atoms with van der Waals surface area (Å²) in [6.07, 6.45) is 1.94. The van der Waals surface area contributed by atoms with Gasteiger partial charge in [0.15, 0.2) is 0 Å². The molecule has 5 rings (SSSR count). The molecule has 0 radical (unpaired) electrons. The number of carbonyl (C=O) groups excluding carboxylic acids is 1. The molecule has 4 aromatic rings. The van der Waals surface area contributed by atoms with Gasteiger partial charge in [-0.15, -0.1) is 0 Å². The quantitative estimate of drug-likeness (QED) is 0.202. The number of para-hydroxylation sites is 1. The zero-order chi connectivity index (χ0) is 29.1. The van der Waals surface area contributed by atoms with E-state index in [0.717, 1.165) is 15.4 Å². The topological polar surface area (TPSA) is 145 Å². The third-order valence-corrected chi connectivity index (χ3v) is 9.07. The van der Waals surface area contributed by atoms with Crippen molar-refractivity contribution in [1.29, 1.82) is 5.41 Å². The van der Waals surface area contributed by atoms with Gasteiger partial charge in [0.25, 0.3) is 10.0 Å². The van der Waals surface area contributed by atoms with Gasteiger partial charge in [0.2, 0.25) is 5.91 Å². The number of fused-ring (bicyclic) bond motifs is 2. The SMILES string of the molecule is N=C(N)c1ccc(CCC(=O)N2CCCc3cccc(N(CC(=O)O)S(=O)(=O)c4cccc5ccccc45)c32)cc1. The number of carbonyl (C=O) groups is 2. The number of nitrogens with zero attached hydrogens (tertiary/aromatic N) is 2. The molecule has 9 nitrogen and oxygen atoms in total. The van der Waals surface area contributed by atoms with Gasteiger partial charge in [-0.25, -0.2) is 8.42 Å². The second-order valence-electron chi connectivity index (χ2n) is 9.93. The standard InChI is InChI=1S/C31H30N4O5S/c32-31(33)24-16-13-21(14-17-24)15-18-28(36)34-19-5-9-23-8-3-11-26(30(23)34)35(20-29(37)38)41(39,40)27-12-4-7-22-6-1-2-10-25(22)27/h1-4,6-8,10-14,16-17H,5,9,15,18-20H2,(H3,32,33)(H,37,38). The minimum absolute atomic E-state index is 0.00264. The van der Waals surface area contributed by atoms with E-state index in [4.69, 9.17) is 11.1 Å². The second kappa shape index (κ2) is 11.4. The Morgan fingerprint density at radius 2 is 1.66 bits per heavy atom. The number of hydrogen-bond donors (Lipinski definition) is 3. The summed E-state index contributed by atoms with van der Waals surface area (Å²) >= 11 is 0. The van der Waals surface area contributed by atoms with Gasteiger partial charge in [-0.2, -0.15) is 0 Å². The van der Waals surface area contributed by atoms with Crippen LogP contribution >= 0.6 is 0 Å². The molecule has 1 heterocycles. The Bertz CT molecular complexity index is 1750. The number of rotatable bonds is 9. The first-order valence-corrected chi connectivity index (χ1v) is 14.7. The van der Waals surface area contributed by atoms with Gasteiger partial charge in [-0.3, -0.25) is 19.3 Å². The van der Waals surface area contributed by atoms with Gasteiger partial charge in [0.05, 0.1) is 16.3 Å². The maximum atomic E-state index is 14.2. The van der Waals surface area contributed by atoms with Gasteiger partial charge in [0, 0.05) is 23.9 Å². The van der Waals surface area contributed by atoms with Crippen LogP contribution in [0.15, 0.2) is 89.8 Å². The number of amidine groups is 1. The maximum absolute atomic E-state index is 14.2. The zero-order valence-electron chi connectivity index (χ0n) is 22.3. The summed E-state index contributed by atoms with van der Waals surface area (Å²) in [7, 11) is -4.34. The molecule has 0 saturated carbocycles. The van der Waals surface area contributed by atoms with E-state index in [-0.39, 0.29) is 28.7 Å². The van der Waals surface area contributed by atoms with Crippen molar-refractivity contribution in [1.82, 2.24) is 0 Å². The van der Waals surface area contributed by atoms with E-state index in [9.17, 15) is 23.1 Å². The van der Waals surface area contributed by atoms with Crippen molar-refractivity contribution in [3.63, 3.8) is 0 Å². The number of amides is 1. The second-order valence-corrected chi connectivity index (χ2v) is 11.8. The first kappa shape index (κ1) is 27.9. The molecule has 210 valence electrons. The smallest absolute Gasteiger partial charge is 0.324 e. The molecule has 0 bridgehead atoms. The molecule has 4 N–H and O–H groups in total. The van der Waals surface area contributed by atoms with Crippen LogP contribution in [0.4, 0.5) is 11.4 Å². The number of carboxylic acids is 1. The minimum atomic E-state index is -4.34. The first-order chi connectivity index (χ1) is 19.7. The number of carboxylic acid groups (broad SMARTS) is 1. The van der Waals surface area contributed by atoms with Crippen LogP contribution in [-0.4, -0.2) is 44.3 Å². The zero-order valence-corrected chi connectivity index (χ0v) is 23.1. The summed E-state index contributed by atoms with van der Waals surface area (Å²) in [6, 6.07) is 24.2. The van der Waals surface area contributed by atoms with Gasteiger partial charge < -0.3 is 15.7 Å².